The maximum absolute atomic E-state index is 12.4. The molecule has 0 spiro atoms. The van der Waals surface area contributed by atoms with E-state index in [0.717, 1.165) is 0 Å². The smallest absolute Gasteiger partial charge is 0.444 e. The molecular weight excluding hydrogens is 325 g/mol. The van der Waals surface area contributed by atoms with Crippen LogP contribution in [0.2, 0.25) is 0 Å². The van der Waals surface area contributed by atoms with Gasteiger partial charge in [-0.2, -0.15) is 0 Å². The largest absolute Gasteiger partial charge is 0.573 e. The molecule has 1 heterocycles. The number of carbonyl (C=O) groups excluding carboxylic acids is 1. The van der Waals surface area contributed by atoms with Crippen LogP contribution in [0.25, 0.3) is 0 Å². The van der Waals surface area contributed by atoms with Gasteiger partial charge in [0.15, 0.2) is 0 Å². The second-order valence-corrected chi connectivity index (χ2v) is 6.51. The maximum Gasteiger partial charge on any atom is 0.573 e. The Kier molecular flexibility index (Phi) is 5.27. The monoisotopic (exact) mass is 346 g/mol. The Balaban J connectivity index is 2.14. The Labute approximate surface area is 138 Å². The van der Waals surface area contributed by atoms with Gasteiger partial charge in [-0.3, -0.25) is 4.90 Å². The molecule has 0 bridgehead atoms. The minimum atomic E-state index is -4.73. The third-order valence-electron chi connectivity index (χ3n) is 3.37. The molecule has 1 aromatic carbocycles. The van der Waals surface area contributed by atoms with E-state index in [1.54, 1.807) is 25.7 Å². The van der Waals surface area contributed by atoms with Crippen molar-refractivity contribution >= 4 is 6.09 Å². The Morgan fingerprint density at radius 3 is 2.38 bits per heavy atom. The highest BCUT2D eigenvalue weighted by Gasteiger charge is 2.33. The molecule has 24 heavy (non-hydrogen) atoms. The Bertz CT molecular complexity index is 567. The first kappa shape index (κ1) is 18.4. The number of benzene rings is 1. The summed E-state index contributed by atoms with van der Waals surface area (Å²) in [6.45, 7) is 6.94. The lowest BCUT2D eigenvalue weighted by Gasteiger charge is -2.37. The number of nitrogens with zero attached hydrogens (tertiary/aromatic N) is 1. The van der Waals surface area contributed by atoms with Crippen molar-refractivity contribution in [1.82, 2.24) is 10.2 Å². The fourth-order valence-electron chi connectivity index (χ4n) is 2.43. The van der Waals surface area contributed by atoms with Crippen LogP contribution < -0.4 is 10.1 Å². The van der Waals surface area contributed by atoms with Crippen molar-refractivity contribution in [1.29, 1.82) is 0 Å². The average molecular weight is 346 g/mol. The Hall–Kier alpha value is -1.96. The topological polar surface area (TPSA) is 50.8 Å². The van der Waals surface area contributed by atoms with Crippen molar-refractivity contribution in [2.45, 2.75) is 38.8 Å². The van der Waals surface area contributed by atoms with Crippen LogP contribution in [0.3, 0.4) is 0 Å². The molecule has 0 saturated carbocycles. The molecule has 0 aliphatic carbocycles. The van der Waals surface area contributed by atoms with E-state index in [9.17, 15) is 18.0 Å². The molecule has 1 aromatic rings. The number of amides is 1. The number of nitrogens with one attached hydrogen (secondary N) is 1. The molecule has 134 valence electrons. The third-order valence-corrected chi connectivity index (χ3v) is 3.37. The van der Waals surface area contributed by atoms with Gasteiger partial charge >= 0.3 is 12.5 Å². The van der Waals surface area contributed by atoms with Gasteiger partial charge in [-0.1, -0.05) is 12.1 Å². The molecule has 2 rings (SSSR count). The van der Waals surface area contributed by atoms with Crippen LogP contribution in [-0.2, 0) is 4.74 Å². The molecule has 1 fully saturated rings. The van der Waals surface area contributed by atoms with Crippen molar-refractivity contribution in [3.05, 3.63) is 29.8 Å². The molecule has 1 N–H and O–H groups in total. The lowest BCUT2D eigenvalue weighted by molar-refractivity contribution is -0.274. The second kappa shape index (κ2) is 6.88. The van der Waals surface area contributed by atoms with Gasteiger partial charge in [0.05, 0.1) is 6.04 Å². The number of hydrogen-bond acceptors (Lipinski definition) is 4. The summed E-state index contributed by atoms with van der Waals surface area (Å²) in [5, 5.41) is 3.17. The summed E-state index contributed by atoms with van der Waals surface area (Å²) in [5.74, 6) is -0.293. The fourth-order valence-corrected chi connectivity index (χ4v) is 2.43. The highest BCUT2D eigenvalue weighted by Crippen LogP contribution is 2.28. The zero-order chi connectivity index (χ0) is 18.0. The van der Waals surface area contributed by atoms with E-state index in [2.05, 4.69) is 10.1 Å². The number of hydrogen-bond donors (Lipinski definition) is 1. The lowest BCUT2D eigenvalue weighted by atomic mass is 10.0. The molecular formula is C16H21F3N2O3. The van der Waals surface area contributed by atoms with Crippen molar-refractivity contribution in [2.75, 3.05) is 19.6 Å². The summed E-state index contributed by atoms with van der Waals surface area (Å²) in [4.78, 5) is 13.9. The first-order chi connectivity index (χ1) is 11.1. The summed E-state index contributed by atoms with van der Waals surface area (Å²) in [5.41, 5.74) is 0.0966. The maximum atomic E-state index is 12.4. The molecule has 1 atom stereocenters. The minimum Gasteiger partial charge on any atom is -0.444 e. The lowest BCUT2D eigenvalue weighted by Crippen LogP contribution is -2.50. The Morgan fingerprint density at radius 2 is 1.83 bits per heavy atom. The van der Waals surface area contributed by atoms with Crippen LogP contribution >= 0.6 is 0 Å². The summed E-state index contributed by atoms with van der Waals surface area (Å²) < 4.78 is 45.9. The zero-order valence-electron chi connectivity index (χ0n) is 13.8. The number of alkyl halides is 3. The molecule has 0 aromatic heterocycles. The number of halogens is 3. The summed E-state index contributed by atoms with van der Waals surface area (Å²) in [7, 11) is 0. The molecule has 5 nitrogen and oxygen atoms in total. The predicted octanol–water partition coefficient (Wildman–Crippen LogP) is 3.47. The Morgan fingerprint density at radius 1 is 1.21 bits per heavy atom. The number of rotatable bonds is 2. The van der Waals surface area contributed by atoms with Crippen LogP contribution in [0.15, 0.2) is 24.3 Å². The fraction of sp³-hybridized carbons (Fsp3) is 0.562. The van der Waals surface area contributed by atoms with Gasteiger partial charge in [0.2, 0.25) is 0 Å². The molecule has 1 aliphatic heterocycles. The van der Waals surface area contributed by atoms with E-state index < -0.39 is 18.1 Å². The molecule has 1 amide bonds. The SMILES string of the molecule is CC(C)(C)OC(=O)N1CCNCC1c1ccc(OC(F)(F)F)cc1. The number of carbonyl (C=O) groups is 1. The van der Waals surface area contributed by atoms with Crippen LogP contribution in [0.5, 0.6) is 5.75 Å². The van der Waals surface area contributed by atoms with Gasteiger partial charge in [0.1, 0.15) is 11.4 Å². The van der Waals surface area contributed by atoms with Gasteiger partial charge in [-0.25, -0.2) is 4.79 Å². The van der Waals surface area contributed by atoms with Gasteiger partial charge in [0.25, 0.3) is 0 Å². The van der Waals surface area contributed by atoms with E-state index >= 15 is 0 Å². The summed E-state index contributed by atoms with van der Waals surface area (Å²) in [6, 6.07) is 5.22. The van der Waals surface area contributed by atoms with Crippen molar-refractivity contribution in [2.24, 2.45) is 0 Å². The molecule has 1 unspecified atom stereocenters. The van der Waals surface area contributed by atoms with Crippen LogP contribution in [0, 0.1) is 0 Å². The first-order valence-electron chi connectivity index (χ1n) is 7.61. The van der Waals surface area contributed by atoms with Crippen molar-refractivity contribution in [3.8, 4) is 5.75 Å². The average Bonchev–Trinajstić information content (AvgIpc) is 2.44. The van der Waals surface area contributed by atoms with Crippen LogP contribution in [0.4, 0.5) is 18.0 Å². The molecule has 1 saturated heterocycles. The van der Waals surface area contributed by atoms with Crippen LogP contribution in [0.1, 0.15) is 32.4 Å². The predicted molar refractivity (Wildman–Crippen MR) is 81.7 cm³/mol. The van der Waals surface area contributed by atoms with E-state index in [1.165, 1.54) is 24.3 Å². The van der Waals surface area contributed by atoms with E-state index in [4.69, 9.17) is 4.74 Å². The molecule has 0 radical (unpaired) electrons. The molecule has 1 aliphatic rings. The van der Waals surface area contributed by atoms with E-state index in [1.807, 2.05) is 0 Å². The first-order valence-corrected chi connectivity index (χ1v) is 7.61. The highest BCUT2D eigenvalue weighted by atomic mass is 19.4. The number of piperazine rings is 1. The molecule has 8 heteroatoms. The summed E-state index contributed by atoms with van der Waals surface area (Å²) >= 11 is 0. The van der Waals surface area contributed by atoms with E-state index in [0.29, 0.717) is 25.2 Å². The van der Waals surface area contributed by atoms with Gasteiger partial charge in [0, 0.05) is 19.6 Å². The van der Waals surface area contributed by atoms with Gasteiger partial charge < -0.3 is 14.8 Å². The van der Waals surface area contributed by atoms with E-state index in [-0.39, 0.29) is 11.8 Å². The summed E-state index contributed by atoms with van der Waals surface area (Å²) in [6.07, 6.45) is -5.17. The standard InChI is InChI=1S/C16H21F3N2O3/c1-15(2,3)24-14(22)21-9-8-20-10-13(21)11-4-6-12(7-5-11)23-16(17,18)19/h4-7,13,20H,8-10H2,1-3H3. The quantitative estimate of drug-likeness (QED) is 0.891. The van der Waals surface area contributed by atoms with Gasteiger partial charge in [-0.15, -0.1) is 13.2 Å². The van der Waals surface area contributed by atoms with Crippen LogP contribution in [-0.4, -0.2) is 42.6 Å². The van der Waals surface area contributed by atoms with Crippen molar-refractivity contribution in [3.63, 3.8) is 0 Å². The van der Waals surface area contributed by atoms with Gasteiger partial charge in [-0.05, 0) is 38.5 Å². The minimum absolute atomic E-state index is 0.293. The zero-order valence-corrected chi connectivity index (χ0v) is 13.8. The number of ether oxygens (including phenoxy) is 2. The highest BCUT2D eigenvalue weighted by molar-refractivity contribution is 5.69. The normalized spacial score (nSPS) is 19.1. The third kappa shape index (κ3) is 5.30. The second-order valence-electron chi connectivity index (χ2n) is 6.51. The van der Waals surface area contributed by atoms with Crippen molar-refractivity contribution < 1.29 is 27.4 Å².